The second-order valence-corrected chi connectivity index (χ2v) is 4.25. The molecular formula is C15H21NO4. The Labute approximate surface area is 119 Å². The fourth-order valence-electron chi connectivity index (χ4n) is 1.56. The van der Waals surface area contributed by atoms with E-state index in [0.29, 0.717) is 31.3 Å². The molecule has 0 aromatic heterocycles. The summed E-state index contributed by atoms with van der Waals surface area (Å²) in [5.41, 5.74) is 0.938. The molecule has 1 atom stereocenters. The van der Waals surface area contributed by atoms with E-state index in [-0.39, 0.29) is 0 Å². The van der Waals surface area contributed by atoms with Crippen molar-refractivity contribution in [3.05, 3.63) is 36.4 Å². The van der Waals surface area contributed by atoms with Crippen LogP contribution in [-0.4, -0.2) is 30.3 Å². The van der Waals surface area contributed by atoms with Crippen LogP contribution in [0, 0.1) is 0 Å². The smallest absolute Gasteiger partial charge is 0.320 e. The molecule has 0 saturated carbocycles. The third-order valence-corrected chi connectivity index (χ3v) is 2.65. The lowest BCUT2D eigenvalue weighted by atomic mass is 10.2. The van der Waals surface area contributed by atoms with Crippen molar-refractivity contribution in [3.8, 4) is 11.5 Å². The fraction of sp³-hybridized carbons (Fsp3) is 0.400. The molecule has 0 aliphatic heterocycles. The molecule has 20 heavy (non-hydrogen) atoms. The van der Waals surface area contributed by atoms with Gasteiger partial charge in [-0.05, 0) is 31.5 Å². The van der Waals surface area contributed by atoms with E-state index in [4.69, 9.17) is 14.6 Å². The van der Waals surface area contributed by atoms with Crippen molar-refractivity contribution in [2.75, 3.05) is 13.2 Å². The van der Waals surface area contributed by atoms with E-state index in [0.717, 1.165) is 5.56 Å². The van der Waals surface area contributed by atoms with Gasteiger partial charge in [0.25, 0.3) is 0 Å². The summed E-state index contributed by atoms with van der Waals surface area (Å²) in [6.07, 6.45) is 1.67. The van der Waals surface area contributed by atoms with Gasteiger partial charge in [-0.2, -0.15) is 0 Å². The van der Waals surface area contributed by atoms with Gasteiger partial charge in [0, 0.05) is 6.54 Å². The van der Waals surface area contributed by atoms with E-state index in [2.05, 4.69) is 11.9 Å². The van der Waals surface area contributed by atoms with Gasteiger partial charge < -0.3 is 19.9 Å². The van der Waals surface area contributed by atoms with E-state index >= 15 is 0 Å². The van der Waals surface area contributed by atoms with Crippen LogP contribution < -0.4 is 14.8 Å². The van der Waals surface area contributed by atoms with Gasteiger partial charge in [0.2, 0.25) is 0 Å². The molecule has 0 spiro atoms. The lowest BCUT2D eigenvalue weighted by Crippen LogP contribution is -2.33. The highest BCUT2D eigenvalue weighted by Crippen LogP contribution is 2.28. The summed E-state index contributed by atoms with van der Waals surface area (Å²) < 4.78 is 11.0. The van der Waals surface area contributed by atoms with Crippen LogP contribution in [0.5, 0.6) is 11.5 Å². The first-order chi connectivity index (χ1) is 9.58. The summed E-state index contributed by atoms with van der Waals surface area (Å²) in [5.74, 6) is 0.430. The Balaban J connectivity index is 2.75. The van der Waals surface area contributed by atoms with E-state index in [1.54, 1.807) is 13.0 Å². The number of carboxylic acids is 1. The van der Waals surface area contributed by atoms with Crippen LogP contribution in [-0.2, 0) is 11.3 Å². The Kier molecular flexibility index (Phi) is 6.59. The molecular weight excluding hydrogens is 258 g/mol. The minimum atomic E-state index is -0.874. The zero-order chi connectivity index (χ0) is 15.0. The molecule has 1 aromatic rings. The lowest BCUT2D eigenvalue weighted by Gasteiger charge is -2.14. The summed E-state index contributed by atoms with van der Waals surface area (Å²) in [7, 11) is 0. The van der Waals surface area contributed by atoms with Gasteiger partial charge in [-0.3, -0.25) is 4.79 Å². The van der Waals surface area contributed by atoms with Crippen molar-refractivity contribution in [1.82, 2.24) is 5.32 Å². The van der Waals surface area contributed by atoms with Crippen LogP contribution in [0.2, 0.25) is 0 Å². The molecule has 0 saturated heterocycles. The van der Waals surface area contributed by atoms with Crippen LogP contribution in [0.4, 0.5) is 0 Å². The minimum absolute atomic E-state index is 0.410. The second kappa shape index (κ2) is 8.22. The number of ether oxygens (including phenoxy) is 2. The summed E-state index contributed by atoms with van der Waals surface area (Å²) in [6.45, 7) is 8.50. The fourth-order valence-corrected chi connectivity index (χ4v) is 1.56. The number of hydrogen-bond acceptors (Lipinski definition) is 4. The Morgan fingerprint density at radius 3 is 2.80 bits per heavy atom. The molecule has 0 aliphatic rings. The van der Waals surface area contributed by atoms with E-state index in [1.165, 1.54) is 0 Å². The average Bonchev–Trinajstić information content (AvgIpc) is 2.44. The summed E-state index contributed by atoms with van der Waals surface area (Å²) in [6, 6.07) is 4.95. The van der Waals surface area contributed by atoms with E-state index in [1.807, 2.05) is 25.1 Å². The zero-order valence-electron chi connectivity index (χ0n) is 11.9. The van der Waals surface area contributed by atoms with Gasteiger partial charge >= 0.3 is 5.97 Å². The maximum Gasteiger partial charge on any atom is 0.320 e. The van der Waals surface area contributed by atoms with Gasteiger partial charge in [0.05, 0.1) is 6.61 Å². The first-order valence-electron chi connectivity index (χ1n) is 6.54. The van der Waals surface area contributed by atoms with Crippen LogP contribution in [0.3, 0.4) is 0 Å². The summed E-state index contributed by atoms with van der Waals surface area (Å²) in [5, 5.41) is 11.7. The first-order valence-corrected chi connectivity index (χ1v) is 6.54. The molecule has 1 aromatic carbocycles. The highest BCUT2D eigenvalue weighted by atomic mass is 16.5. The zero-order valence-corrected chi connectivity index (χ0v) is 11.9. The molecule has 0 amide bonds. The minimum Gasteiger partial charge on any atom is -0.490 e. The predicted molar refractivity (Wildman–Crippen MR) is 77.2 cm³/mol. The van der Waals surface area contributed by atoms with Crippen molar-refractivity contribution in [1.29, 1.82) is 0 Å². The molecule has 2 N–H and O–H groups in total. The van der Waals surface area contributed by atoms with Crippen LogP contribution >= 0.6 is 0 Å². The SMILES string of the molecule is C=CCOc1ccc(CN[C@@H](C)C(=O)O)cc1OCC. The predicted octanol–water partition coefficient (Wildman–Crippen LogP) is 2.21. The molecule has 0 bridgehead atoms. The Hall–Kier alpha value is -2.01. The van der Waals surface area contributed by atoms with Crippen molar-refractivity contribution in [3.63, 3.8) is 0 Å². The summed E-state index contributed by atoms with van der Waals surface area (Å²) >= 11 is 0. The van der Waals surface area contributed by atoms with Crippen LogP contribution in [0.25, 0.3) is 0 Å². The Morgan fingerprint density at radius 1 is 1.45 bits per heavy atom. The molecule has 110 valence electrons. The Morgan fingerprint density at radius 2 is 2.20 bits per heavy atom. The molecule has 5 heteroatoms. The number of nitrogens with one attached hydrogen (secondary N) is 1. The number of hydrogen-bond donors (Lipinski definition) is 2. The van der Waals surface area contributed by atoms with Gasteiger partial charge in [-0.15, -0.1) is 0 Å². The molecule has 0 radical (unpaired) electrons. The standard InChI is InChI=1S/C15H21NO4/c1-4-8-20-13-7-6-12(9-14(13)19-5-2)10-16-11(3)15(17)18/h4,6-7,9,11,16H,1,5,8,10H2,2-3H3,(H,17,18)/t11-/m0/s1. The van der Waals surface area contributed by atoms with Crippen LogP contribution in [0.15, 0.2) is 30.9 Å². The topological polar surface area (TPSA) is 67.8 Å². The highest BCUT2D eigenvalue weighted by Gasteiger charge is 2.11. The molecule has 0 unspecified atom stereocenters. The first kappa shape index (κ1) is 16.0. The van der Waals surface area contributed by atoms with Crippen molar-refractivity contribution in [2.24, 2.45) is 0 Å². The highest BCUT2D eigenvalue weighted by molar-refractivity contribution is 5.72. The third-order valence-electron chi connectivity index (χ3n) is 2.65. The third kappa shape index (κ3) is 4.93. The molecule has 0 fully saturated rings. The van der Waals surface area contributed by atoms with Gasteiger partial charge in [0.15, 0.2) is 11.5 Å². The van der Waals surface area contributed by atoms with E-state index in [9.17, 15) is 4.79 Å². The maximum absolute atomic E-state index is 10.7. The number of aliphatic carboxylic acids is 1. The van der Waals surface area contributed by atoms with Gasteiger partial charge in [0.1, 0.15) is 12.6 Å². The number of carboxylic acid groups (broad SMARTS) is 1. The number of benzene rings is 1. The second-order valence-electron chi connectivity index (χ2n) is 4.25. The maximum atomic E-state index is 10.7. The lowest BCUT2D eigenvalue weighted by molar-refractivity contribution is -0.139. The summed E-state index contributed by atoms with van der Waals surface area (Å²) in [4.78, 5) is 10.7. The largest absolute Gasteiger partial charge is 0.490 e. The number of rotatable bonds is 9. The molecule has 0 aliphatic carbocycles. The van der Waals surface area contributed by atoms with Crippen molar-refractivity contribution in [2.45, 2.75) is 26.4 Å². The Bertz CT molecular complexity index is 459. The quantitative estimate of drug-likeness (QED) is 0.678. The van der Waals surface area contributed by atoms with Crippen molar-refractivity contribution >= 4 is 5.97 Å². The molecule has 0 heterocycles. The molecule has 5 nitrogen and oxygen atoms in total. The number of carbonyl (C=O) groups is 1. The van der Waals surface area contributed by atoms with Gasteiger partial charge in [-0.1, -0.05) is 18.7 Å². The van der Waals surface area contributed by atoms with E-state index < -0.39 is 12.0 Å². The monoisotopic (exact) mass is 279 g/mol. The van der Waals surface area contributed by atoms with Gasteiger partial charge in [-0.25, -0.2) is 0 Å². The normalized spacial score (nSPS) is 11.7. The molecule has 1 rings (SSSR count). The van der Waals surface area contributed by atoms with Crippen molar-refractivity contribution < 1.29 is 19.4 Å². The van der Waals surface area contributed by atoms with Crippen LogP contribution in [0.1, 0.15) is 19.4 Å². The average molecular weight is 279 g/mol.